The second-order valence-electron chi connectivity index (χ2n) is 4.77. The van der Waals surface area contributed by atoms with E-state index < -0.39 is 16.0 Å². The summed E-state index contributed by atoms with van der Waals surface area (Å²) >= 11 is 5.94. The molecule has 0 aromatic heterocycles. The Morgan fingerprint density at radius 3 is 2.41 bits per heavy atom. The Hall–Kier alpha value is -2.05. The Morgan fingerprint density at radius 2 is 1.77 bits per heavy atom. The summed E-state index contributed by atoms with van der Waals surface area (Å²) in [5.41, 5.74) is 0.814. The van der Waals surface area contributed by atoms with E-state index in [-0.39, 0.29) is 16.1 Å². The maximum atomic E-state index is 12.5. The van der Waals surface area contributed by atoms with Gasteiger partial charge in [-0.15, -0.1) is 0 Å². The van der Waals surface area contributed by atoms with E-state index in [4.69, 9.17) is 11.6 Å². The lowest BCUT2D eigenvalue weighted by Crippen LogP contribution is -2.17. The van der Waals surface area contributed by atoms with Gasteiger partial charge in [-0.05, 0) is 43.2 Å². The van der Waals surface area contributed by atoms with E-state index >= 15 is 0 Å². The Bertz CT molecular complexity index is 847. The summed E-state index contributed by atoms with van der Waals surface area (Å²) in [6.07, 6.45) is 0. The molecule has 0 aliphatic heterocycles. The van der Waals surface area contributed by atoms with Crippen molar-refractivity contribution in [2.45, 2.75) is 18.7 Å². The molecule has 7 heteroatoms. The van der Waals surface area contributed by atoms with Crippen molar-refractivity contribution in [2.75, 3.05) is 4.72 Å². The maximum absolute atomic E-state index is 12.5. The fourth-order valence-corrected chi connectivity index (χ4v) is 3.69. The molecule has 0 fully saturated rings. The van der Waals surface area contributed by atoms with Crippen molar-refractivity contribution in [1.82, 2.24) is 0 Å². The first-order valence-corrected chi connectivity index (χ1v) is 8.21. The Kier molecular flexibility index (Phi) is 4.44. The number of aromatic carboxylic acids is 1. The first-order chi connectivity index (χ1) is 10.2. The molecule has 22 heavy (non-hydrogen) atoms. The zero-order chi connectivity index (χ0) is 16.5. The van der Waals surface area contributed by atoms with Crippen molar-refractivity contribution in [2.24, 2.45) is 0 Å². The molecule has 0 aliphatic carbocycles. The summed E-state index contributed by atoms with van der Waals surface area (Å²) in [4.78, 5) is 11.3. The Balaban J connectivity index is 2.53. The minimum Gasteiger partial charge on any atom is -0.478 e. The summed E-state index contributed by atoms with van der Waals surface area (Å²) in [6, 6.07) is 9.13. The molecule has 2 N–H and O–H groups in total. The molecule has 0 radical (unpaired) electrons. The van der Waals surface area contributed by atoms with E-state index in [0.29, 0.717) is 16.1 Å². The van der Waals surface area contributed by atoms with Crippen LogP contribution in [0.4, 0.5) is 5.69 Å². The summed E-state index contributed by atoms with van der Waals surface area (Å²) in [5.74, 6) is -1.20. The second kappa shape index (κ2) is 5.98. The molecule has 0 atom stereocenters. The molecule has 116 valence electrons. The number of halogens is 1. The highest BCUT2D eigenvalue weighted by Gasteiger charge is 2.22. The van der Waals surface area contributed by atoms with Gasteiger partial charge in [0, 0.05) is 5.02 Å². The molecule has 0 spiro atoms. The number of hydrogen-bond donors (Lipinski definition) is 2. The summed E-state index contributed by atoms with van der Waals surface area (Å²) < 4.78 is 27.3. The zero-order valence-electron chi connectivity index (χ0n) is 11.9. The smallest absolute Gasteiger partial charge is 0.338 e. The summed E-state index contributed by atoms with van der Waals surface area (Å²) in [7, 11) is -3.94. The van der Waals surface area contributed by atoms with Crippen molar-refractivity contribution in [3.8, 4) is 0 Å². The molecule has 0 aliphatic rings. The molecule has 2 aromatic rings. The molecular weight excluding hydrogens is 326 g/mol. The normalized spacial score (nSPS) is 11.2. The average Bonchev–Trinajstić information content (AvgIpc) is 2.40. The molecule has 0 amide bonds. The maximum Gasteiger partial charge on any atom is 0.338 e. The fraction of sp³-hybridized carbons (Fsp3) is 0.133. The van der Waals surface area contributed by atoms with E-state index in [1.54, 1.807) is 32.0 Å². The van der Waals surface area contributed by atoms with Crippen LogP contribution >= 0.6 is 11.6 Å². The number of sulfonamides is 1. The third-order valence-electron chi connectivity index (χ3n) is 3.24. The van der Waals surface area contributed by atoms with Gasteiger partial charge >= 0.3 is 5.97 Å². The van der Waals surface area contributed by atoms with Gasteiger partial charge in [0.1, 0.15) is 0 Å². The van der Waals surface area contributed by atoms with Gasteiger partial charge in [-0.2, -0.15) is 0 Å². The van der Waals surface area contributed by atoms with Crippen molar-refractivity contribution in [1.29, 1.82) is 0 Å². The van der Waals surface area contributed by atoms with Crippen LogP contribution in [0.15, 0.2) is 41.3 Å². The molecule has 2 aromatic carbocycles. The van der Waals surface area contributed by atoms with E-state index in [1.807, 2.05) is 0 Å². The number of carbonyl (C=O) groups is 1. The van der Waals surface area contributed by atoms with Gasteiger partial charge in [-0.25, -0.2) is 13.2 Å². The van der Waals surface area contributed by atoms with Crippen LogP contribution in [0, 0.1) is 13.8 Å². The first kappa shape index (κ1) is 16.3. The van der Waals surface area contributed by atoms with Crippen LogP contribution < -0.4 is 4.72 Å². The zero-order valence-corrected chi connectivity index (χ0v) is 13.5. The van der Waals surface area contributed by atoms with Gasteiger partial charge in [-0.3, -0.25) is 4.72 Å². The van der Waals surface area contributed by atoms with Gasteiger partial charge in [0.2, 0.25) is 0 Å². The highest BCUT2D eigenvalue weighted by atomic mass is 35.5. The number of carboxylic acids is 1. The fourth-order valence-electron chi connectivity index (χ4n) is 2.12. The third kappa shape index (κ3) is 3.08. The number of anilines is 1. The lowest BCUT2D eigenvalue weighted by atomic mass is 10.1. The molecule has 0 heterocycles. The highest BCUT2D eigenvalue weighted by Crippen LogP contribution is 2.27. The minimum absolute atomic E-state index is 0.0119. The van der Waals surface area contributed by atoms with E-state index in [9.17, 15) is 18.3 Å². The molecule has 0 saturated heterocycles. The van der Waals surface area contributed by atoms with Crippen LogP contribution in [-0.4, -0.2) is 19.5 Å². The standard InChI is InChI=1S/C15H14ClNO4S/c1-9-5-3-7-12(14(9)15(18)19)17-22(20,21)13-8-4-6-11(16)10(13)2/h3-8,17H,1-2H3,(H,18,19). The monoisotopic (exact) mass is 339 g/mol. The molecular formula is C15H14ClNO4S. The minimum atomic E-state index is -3.94. The number of rotatable bonds is 4. The van der Waals surface area contributed by atoms with Crippen LogP contribution in [0.3, 0.4) is 0 Å². The van der Waals surface area contributed by atoms with Gasteiger partial charge in [0.05, 0.1) is 16.1 Å². The quantitative estimate of drug-likeness (QED) is 0.893. The van der Waals surface area contributed by atoms with E-state index in [2.05, 4.69) is 4.72 Å². The first-order valence-electron chi connectivity index (χ1n) is 6.35. The van der Waals surface area contributed by atoms with Gasteiger partial charge < -0.3 is 5.11 Å². The number of hydrogen-bond acceptors (Lipinski definition) is 3. The summed E-state index contributed by atoms with van der Waals surface area (Å²) in [5, 5.41) is 9.58. The second-order valence-corrected chi connectivity index (χ2v) is 6.83. The predicted molar refractivity (Wildman–Crippen MR) is 85.1 cm³/mol. The van der Waals surface area contributed by atoms with Crippen LogP contribution in [0.2, 0.25) is 5.02 Å². The molecule has 2 rings (SSSR count). The molecule has 0 saturated carbocycles. The number of benzene rings is 2. The van der Waals surface area contributed by atoms with Crippen LogP contribution in [0.5, 0.6) is 0 Å². The number of aryl methyl sites for hydroxylation is 1. The highest BCUT2D eigenvalue weighted by molar-refractivity contribution is 7.92. The molecule has 5 nitrogen and oxygen atoms in total. The van der Waals surface area contributed by atoms with Crippen LogP contribution in [0.25, 0.3) is 0 Å². The van der Waals surface area contributed by atoms with Gasteiger partial charge in [0.25, 0.3) is 10.0 Å². The van der Waals surface area contributed by atoms with Crippen molar-refractivity contribution < 1.29 is 18.3 Å². The van der Waals surface area contributed by atoms with E-state index in [1.165, 1.54) is 18.2 Å². The van der Waals surface area contributed by atoms with Crippen molar-refractivity contribution in [3.63, 3.8) is 0 Å². The van der Waals surface area contributed by atoms with Gasteiger partial charge in [-0.1, -0.05) is 29.8 Å². The Morgan fingerprint density at radius 1 is 1.14 bits per heavy atom. The predicted octanol–water partition coefficient (Wildman–Crippen LogP) is 3.46. The lowest BCUT2D eigenvalue weighted by molar-refractivity contribution is 0.0697. The number of carboxylic acid groups (broad SMARTS) is 1. The Labute approximate surface area is 133 Å². The van der Waals surface area contributed by atoms with Crippen molar-refractivity contribution in [3.05, 3.63) is 58.1 Å². The van der Waals surface area contributed by atoms with Crippen LogP contribution in [0.1, 0.15) is 21.5 Å². The van der Waals surface area contributed by atoms with Crippen LogP contribution in [-0.2, 0) is 10.0 Å². The molecule has 0 unspecified atom stereocenters. The van der Waals surface area contributed by atoms with E-state index in [0.717, 1.165) is 0 Å². The van der Waals surface area contributed by atoms with Crippen molar-refractivity contribution >= 4 is 33.3 Å². The average molecular weight is 340 g/mol. The topological polar surface area (TPSA) is 83.5 Å². The molecule has 0 bridgehead atoms. The number of nitrogens with one attached hydrogen (secondary N) is 1. The lowest BCUT2D eigenvalue weighted by Gasteiger charge is -2.14. The van der Waals surface area contributed by atoms with Gasteiger partial charge in [0.15, 0.2) is 0 Å². The largest absolute Gasteiger partial charge is 0.478 e. The third-order valence-corrected chi connectivity index (χ3v) is 5.16. The summed E-state index contributed by atoms with van der Waals surface area (Å²) in [6.45, 7) is 3.19. The SMILES string of the molecule is Cc1cccc(NS(=O)(=O)c2cccc(Cl)c2C)c1C(=O)O.